The third-order valence-corrected chi connectivity index (χ3v) is 1.16. The fourth-order valence-corrected chi connectivity index (χ4v) is 0.493. The molecule has 0 unspecified atom stereocenters. The monoisotopic (exact) mass is 131 g/mol. The molecule has 0 fully saturated rings. The molecule has 0 radical (unpaired) electrons. The van der Waals surface area contributed by atoms with Crippen molar-refractivity contribution in [1.82, 2.24) is 5.32 Å². The highest BCUT2D eigenvalue weighted by molar-refractivity contribution is 4.53. The lowest BCUT2D eigenvalue weighted by molar-refractivity contribution is 0.553. The standard InChI is InChI=1S/C6H15N.C2H6/c1-4-6(3)7-5-2;1-2/h6-7H,4-5H2,1-3H3;1-2H3/t6-;/m0./s1. The van der Waals surface area contributed by atoms with Crippen LogP contribution in [0.1, 0.15) is 41.0 Å². The summed E-state index contributed by atoms with van der Waals surface area (Å²) < 4.78 is 0. The van der Waals surface area contributed by atoms with Crippen LogP contribution in [0, 0.1) is 0 Å². The number of hydrogen-bond acceptors (Lipinski definition) is 1. The molecule has 0 saturated carbocycles. The first-order valence-corrected chi connectivity index (χ1v) is 4.04. The van der Waals surface area contributed by atoms with E-state index in [1.807, 2.05) is 13.8 Å². The molecule has 0 rings (SSSR count). The molecule has 0 saturated heterocycles. The van der Waals surface area contributed by atoms with Gasteiger partial charge in [0.2, 0.25) is 0 Å². The van der Waals surface area contributed by atoms with E-state index in [9.17, 15) is 0 Å². The van der Waals surface area contributed by atoms with Crippen LogP contribution in [0.2, 0.25) is 0 Å². The normalized spacial score (nSPS) is 11.7. The highest BCUT2D eigenvalue weighted by Gasteiger charge is 1.90. The molecule has 0 aromatic heterocycles. The highest BCUT2D eigenvalue weighted by atomic mass is 14.9. The molecule has 0 spiro atoms. The van der Waals surface area contributed by atoms with Gasteiger partial charge in [0.25, 0.3) is 0 Å². The van der Waals surface area contributed by atoms with E-state index in [2.05, 4.69) is 26.1 Å². The minimum Gasteiger partial charge on any atom is -0.315 e. The topological polar surface area (TPSA) is 12.0 Å². The maximum Gasteiger partial charge on any atom is 0.00359 e. The Kier molecular flexibility index (Phi) is 14.1. The predicted molar refractivity (Wildman–Crippen MR) is 44.8 cm³/mol. The summed E-state index contributed by atoms with van der Waals surface area (Å²) in [5, 5.41) is 3.30. The van der Waals surface area contributed by atoms with Crippen molar-refractivity contribution in [2.24, 2.45) is 0 Å². The maximum absolute atomic E-state index is 3.30. The van der Waals surface area contributed by atoms with Crippen LogP contribution in [0.15, 0.2) is 0 Å². The first kappa shape index (κ1) is 11.7. The molecule has 0 aliphatic rings. The van der Waals surface area contributed by atoms with Gasteiger partial charge in [-0.15, -0.1) is 0 Å². The summed E-state index contributed by atoms with van der Waals surface area (Å²) >= 11 is 0. The van der Waals surface area contributed by atoms with Gasteiger partial charge in [-0.3, -0.25) is 0 Å². The number of hydrogen-bond donors (Lipinski definition) is 1. The van der Waals surface area contributed by atoms with Gasteiger partial charge in [-0.05, 0) is 19.9 Å². The van der Waals surface area contributed by atoms with Crippen molar-refractivity contribution in [2.75, 3.05) is 6.54 Å². The van der Waals surface area contributed by atoms with Gasteiger partial charge in [-0.25, -0.2) is 0 Å². The van der Waals surface area contributed by atoms with Gasteiger partial charge >= 0.3 is 0 Å². The van der Waals surface area contributed by atoms with Crippen molar-refractivity contribution < 1.29 is 0 Å². The molecule has 0 aromatic rings. The Bertz CT molecular complexity index is 35.5. The van der Waals surface area contributed by atoms with Gasteiger partial charge in [-0.1, -0.05) is 27.7 Å². The Morgan fingerprint density at radius 2 is 1.67 bits per heavy atom. The van der Waals surface area contributed by atoms with Gasteiger partial charge < -0.3 is 5.32 Å². The van der Waals surface area contributed by atoms with Crippen LogP contribution in [-0.2, 0) is 0 Å². The summed E-state index contributed by atoms with van der Waals surface area (Å²) in [5.41, 5.74) is 0. The minimum absolute atomic E-state index is 0.699. The van der Waals surface area contributed by atoms with E-state index < -0.39 is 0 Å². The van der Waals surface area contributed by atoms with Gasteiger partial charge in [0.1, 0.15) is 0 Å². The van der Waals surface area contributed by atoms with Crippen molar-refractivity contribution in [3.63, 3.8) is 0 Å². The zero-order chi connectivity index (χ0) is 7.70. The Morgan fingerprint density at radius 3 is 1.78 bits per heavy atom. The highest BCUT2D eigenvalue weighted by Crippen LogP contribution is 1.84. The van der Waals surface area contributed by atoms with E-state index in [1.165, 1.54) is 6.42 Å². The Morgan fingerprint density at radius 1 is 1.22 bits per heavy atom. The second kappa shape index (κ2) is 10.9. The second-order valence-electron chi connectivity index (χ2n) is 1.87. The minimum atomic E-state index is 0.699. The van der Waals surface area contributed by atoms with Crippen LogP contribution >= 0.6 is 0 Å². The third kappa shape index (κ3) is 11.5. The Balaban J connectivity index is 0. The summed E-state index contributed by atoms with van der Waals surface area (Å²) in [4.78, 5) is 0. The van der Waals surface area contributed by atoms with Gasteiger partial charge in [0, 0.05) is 6.04 Å². The summed E-state index contributed by atoms with van der Waals surface area (Å²) in [6.07, 6.45) is 1.23. The first-order valence-electron chi connectivity index (χ1n) is 4.04. The largest absolute Gasteiger partial charge is 0.315 e. The second-order valence-corrected chi connectivity index (χ2v) is 1.87. The van der Waals surface area contributed by atoms with Crippen LogP contribution in [-0.4, -0.2) is 12.6 Å². The molecule has 0 aromatic carbocycles. The van der Waals surface area contributed by atoms with E-state index in [0.717, 1.165) is 6.54 Å². The summed E-state index contributed by atoms with van der Waals surface area (Å²) in [7, 11) is 0. The van der Waals surface area contributed by atoms with Crippen LogP contribution in [0.25, 0.3) is 0 Å². The van der Waals surface area contributed by atoms with E-state index in [0.29, 0.717) is 6.04 Å². The Labute approximate surface area is 59.8 Å². The lowest BCUT2D eigenvalue weighted by Gasteiger charge is -2.06. The molecule has 0 heterocycles. The average Bonchev–Trinajstić information content (AvgIpc) is 1.93. The Hall–Kier alpha value is -0.0400. The lowest BCUT2D eigenvalue weighted by Crippen LogP contribution is -2.24. The molecule has 0 bridgehead atoms. The molecular weight excluding hydrogens is 110 g/mol. The summed E-state index contributed by atoms with van der Waals surface area (Å²) in [6.45, 7) is 11.6. The maximum atomic E-state index is 3.30. The summed E-state index contributed by atoms with van der Waals surface area (Å²) in [5.74, 6) is 0. The van der Waals surface area contributed by atoms with Crippen molar-refractivity contribution in [2.45, 2.75) is 47.1 Å². The van der Waals surface area contributed by atoms with Crippen molar-refractivity contribution >= 4 is 0 Å². The van der Waals surface area contributed by atoms with Gasteiger partial charge in [0.15, 0.2) is 0 Å². The van der Waals surface area contributed by atoms with E-state index in [1.54, 1.807) is 0 Å². The summed E-state index contributed by atoms with van der Waals surface area (Å²) in [6, 6.07) is 0.699. The van der Waals surface area contributed by atoms with E-state index in [-0.39, 0.29) is 0 Å². The number of nitrogens with one attached hydrogen (secondary N) is 1. The molecule has 9 heavy (non-hydrogen) atoms. The molecule has 1 atom stereocenters. The van der Waals surface area contributed by atoms with E-state index >= 15 is 0 Å². The quantitative estimate of drug-likeness (QED) is 0.620. The smallest absolute Gasteiger partial charge is 0.00359 e. The zero-order valence-corrected chi connectivity index (χ0v) is 7.49. The molecule has 58 valence electrons. The fourth-order valence-electron chi connectivity index (χ4n) is 0.493. The molecule has 0 amide bonds. The van der Waals surface area contributed by atoms with Crippen LogP contribution < -0.4 is 5.32 Å². The van der Waals surface area contributed by atoms with Crippen molar-refractivity contribution in [1.29, 1.82) is 0 Å². The lowest BCUT2D eigenvalue weighted by atomic mass is 10.3. The average molecular weight is 131 g/mol. The van der Waals surface area contributed by atoms with Crippen LogP contribution in [0.4, 0.5) is 0 Å². The molecule has 0 aliphatic carbocycles. The van der Waals surface area contributed by atoms with Crippen molar-refractivity contribution in [3.8, 4) is 0 Å². The first-order chi connectivity index (χ1) is 4.31. The molecule has 1 heteroatoms. The molecule has 1 nitrogen and oxygen atoms in total. The van der Waals surface area contributed by atoms with Crippen LogP contribution in [0.3, 0.4) is 0 Å². The zero-order valence-electron chi connectivity index (χ0n) is 7.49. The third-order valence-electron chi connectivity index (χ3n) is 1.16. The molecule has 0 aliphatic heterocycles. The molecular formula is C8H21N. The molecule has 1 N–H and O–H groups in total. The SMILES string of the molecule is CC.CCN[C@@H](C)CC. The predicted octanol–water partition coefficient (Wildman–Crippen LogP) is 2.42. The fraction of sp³-hybridized carbons (Fsp3) is 1.00. The number of rotatable bonds is 3. The van der Waals surface area contributed by atoms with Gasteiger partial charge in [0.05, 0.1) is 0 Å². The van der Waals surface area contributed by atoms with Crippen LogP contribution in [0.5, 0.6) is 0 Å². The van der Waals surface area contributed by atoms with E-state index in [4.69, 9.17) is 0 Å². The van der Waals surface area contributed by atoms with Gasteiger partial charge in [-0.2, -0.15) is 0 Å². The van der Waals surface area contributed by atoms with Crippen molar-refractivity contribution in [3.05, 3.63) is 0 Å².